The van der Waals surface area contributed by atoms with Crippen LogP contribution in [0.15, 0.2) is 23.1 Å². The van der Waals surface area contributed by atoms with Gasteiger partial charge in [-0.1, -0.05) is 13.8 Å². The largest absolute Gasteiger partial charge is 0.379 e. The Balaban J connectivity index is 3.09. The van der Waals surface area contributed by atoms with Crippen LogP contribution >= 0.6 is 0 Å². The SMILES string of the molecule is CC(C)NS(=O)(=O)c1ccc(NCC(C)(C)CN(C)C)c([N+](=O)[O-])c1. The highest BCUT2D eigenvalue weighted by Crippen LogP contribution is 2.29. The van der Waals surface area contributed by atoms with E-state index in [1.165, 1.54) is 12.1 Å². The molecule has 0 spiro atoms. The lowest BCUT2D eigenvalue weighted by Crippen LogP contribution is -2.34. The third kappa shape index (κ3) is 6.60. The van der Waals surface area contributed by atoms with Crippen LogP contribution in [0.25, 0.3) is 0 Å². The van der Waals surface area contributed by atoms with Crippen molar-refractivity contribution in [3.05, 3.63) is 28.3 Å². The monoisotopic (exact) mass is 372 g/mol. The molecule has 1 aromatic rings. The Hall–Kier alpha value is -1.71. The number of anilines is 1. The molecule has 0 saturated heterocycles. The van der Waals surface area contributed by atoms with Crippen molar-refractivity contribution in [1.82, 2.24) is 9.62 Å². The third-order valence-electron chi connectivity index (χ3n) is 3.37. The molecule has 142 valence electrons. The van der Waals surface area contributed by atoms with Gasteiger partial charge in [-0.15, -0.1) is 0 Å². The van der Waals surface area contributed by atoms with E-state index < -0.39 is 14.9 Å². The van der Waals surface area contributed by atoms with E-state index in [9.17, 15) is 18.5 Å². The molecule has 0 heterocycles. The number of hydrogen-bond donors (Lipinski definition) is 2. The summed E-state index contributed by atoms with van der Waals surface area (Å²) in [5, 5.41) is 14.4. The summed E-state index contributed by atoms with van der Waals surface area (Å²) < 4.78 is 26.8. The van der Waals surface area contributed by atoms with Gasteiger partial charge in [0.25, 0.3) is 5.69 Å². The molecule has 1 rings (SSSR count). The van der Waals surface area contributed by atoms with Gasteiger partial charge in [-0.25, -0.2) is 13.1 Å². The van der Waals surface area contributed by atoms with Crippen molar-refractivity contribution in [2.45, 2.75) is 38.6 Å². The maximum Gasteiger partial charge on any atom is 0.293 e. The molecular formula is C16H28N4O4S. The molecule has 0 radical (unpaired) electrons. The first kappa shape index (κ1) is 21.3. The average Bonchev–Trinajstić information content (AvgIpc) is 2.42. The van der Waals surface area contributed by atoms with E-state index in [1.807, 2.05) is 19.0 Å². The fourth-order valence-corrected chi connectivity index (χ4v) is 3.87. The van der Waals surface area contributed by atoms with Crippen molar-refractivity contribution in [2.75, 3.05) is 32.5 Å². The summed E-state index contributed by atoms with van der Waals surface area (Å²) in [7, 11) is 0.147. The number of sulfonamides is 1. The van der Waals surface area contributed by atoms with E-state index >= 15 is 0 Å². The number of nitrogens with one attached hydrogen (secondary N) is 2. The van der Waals surface area contributed by atoms with Crippen LogP contribution in [-0.2, 0) is 10.0 Å². The lowest BCUT2D eigenvalue weighted by Gasteiger charge is -2.28. The molecule has 0 aliphatic heterocycles. The summed E-state index contributed by atoms with van der Waals surface area (Å²) in [6, 6.07) is 3.61. The molecule has 0 aliphatic carbocycles. The Kier molecular flexibility index (Phi) is 6.92. The van der Waals surface area contributed by atoms with Gasteiger partial charge in [0, 0.05) is 25.2 Å². The fourth-order valence-electron chi connectivity index (χ4n) is 2.60. The molecule has 9 heteroatoms. The second kappa shape index (κ2) is 8.11. The van der Waals surface area contributed by atoms with Gasteiger partial charge in [0.15, 0.2) is 0 Å². The minimum absolute atomic E-state index is 0.110. The zero-order valence-corrected chi connectivity index (χ0v) is 16.5. The van der Waals surface area contributed by atoms with E-state index in [4.69, 9.17) is 0 Å². The van der Waals surface area contributed by atoms with Crippen LogP contribution in [0.4, 0.5) is 11.4 Å². The van der Waals surface area contributed by atoms with Crippen LogP contribution in [0.2, 0.25) is 0 Å². The van der Waals surface area contributed by atoms with E-state index in [2.05, 4.69) is 23.9 Å². The van der Waals surface area contributed by atoms with Crippen molar-refractivity contribution >= 4 is 21.4 Å². The number of nitrogens with zero attached hydrogens (tertiary/aromatic N) is 2. The van der Waals surface area contributed by atoms with Gasteiger partial charge in [-0.05, 0) is 45.5 Å². The number of hydrogen-bond acceptors (Lipinski definition) is 6. The Morgan fingerprint density at radius 1 is 1.28 bits per heavy atom. The van der Waals surface area contributed by atoms with Crippen molar-refractivity contribution < 1.29 is 13.3 Å². The average molecular weight is 372 g/mol. The molecule has 0 unspecified atom stereocenters. The second-order valence-corrected chi connectivity index (χ2v) is 9.18. The Bertz CT molecular complexity index is 715. The van der Waals surface area contributed by atoms with Gasteiger partial charge in [0.05, 0.1) is 9.82 Å². The van der Waals surface area contributed by atoms with Crippen LogP contribution in [0, 0.1) is 15.5 Å². The van der Waals surface area contributed by atoms with Crippen molar-refractivity contribution in [3.63, 3.8) is 0 Å². The molecule has 0 atom stereocenters. The first-order chi connectivity index (χ1) is 11.3. The molecule has 2 N–H and O–H groups in total. The molecule has 0 saturated carbocycles. The molecule has 0 fully saturated rings. The van der Waals surface area contributed by atoms with Gasteiger partial charge in [-0.3, -0.25) is 10.1 Å². The van der Waals surface area contributed by atoms with Gasteiger partial charge in [-0.2, -0.15) is 0 Å². The van der Waals surface area contributed by atoms with E-state index in [-0.39, 0.29) is 22.0 Å². The summed E-state index contributed by atoms with van der Waals surface area (Å²) >= 11 is 0. The number of rotatable bonds is 9. The quantitative estimate of drug-likeness (QED) is 0.509. The van der Waals surface area contributed by atoms with Gasteiger partial charge >= 0.3 is 0 Å². The van der Waals surface area contributed by atoms with Crippen LogP contribution in [-0.4, -0.2) is 51.5 Å². The third-order valence-corrected chi connectivity index (χ3v) is 5.02. The predicted molar refractivity (Wildman–Crippen MR) is 99.4 cm³/mol. The lowest BCUT2D eigenvalue weighted by molar-refractivity contribution is -0.384. The summed E-state index contributed by atoms with van der Waals surface area (Å²) in [6.07, 6.45) is 0. The maximum absolute atomic E-state index is 12.2. The summed E-state index contributed by atoms with van der Waals surface area (Å²) in [4.78, 5) is 12.7. The molecule has 0 aliphatic rings. The van der Waals surface area contributed by atoms with Crippen LogP contribution in [0.1, 0.15) is 27.7 Å². The van der Waals surface area contributed by atoms with Crippen molar-refractivity contribution in [1.29, 1.82) is 0 Å². The Labute approximate surface area is 149 Å². The minimum Gasteiger partial charge on any atom is -0.379 e. The smallest absolute Gasteiger partial charge is 0.293 e. The standard InChI is InChI=1S/C16H28N4O4S/c1-12(2)18-25(23,24)13-7-8-14(15(9-13)20(21)22)17-10-16(3,4)11-19(5)6/h7-9,12,17-18H,10-11H2,1-6H3. The molecule has 1 aromatic carbocycles. The van der Waals surface area contributed by atoms with Crippen molar-refractivity contribution in [2.24, 2.45) is 5.41 Å². The van der Waals surface area contributed by atoms with E-state index in [1.54, 1.807) is 13.8 Å². The first-order valence-electron chi connectivity index (χ1n) is 8.03. The van der Waals surface area contributed by atoms with Gasteiger partial charge in [0.1, 0.15) is 5.69 Å². The Morgan fingerprint density at radius 2 is 1.88 bits per heavy atom. The fraction of sp³-hybridized carbons (Fsp3) is 0.625. The van der Waals surface area contributed by atoms with Gasteiger partial charge < -0.3 is 10.2 Å². The second-order valence-electron chi connectivity index (χ2n) is 7.47. The van der Waals surface area contributed by atoms with Gasteiger partial charge in [0.2, 0.25) is 10.0 Å². The summed E-state index contributed by atoms with van der Waals surface area (Å²) in [5.41, 5.74) is -0.0611. The van der Waals surface area contributed by atoms with E-state index in [0.717, 1.165) is 12.6 Å². The number of nitro groups is 1. The highest BCUT2D eigenvalue weighted by molar-refractivity contribution is 7.89. The molecule has 25 heavy (non-hydrogen) atoms. The summed E-state index contributed by atoms with van der Waals surface area (Å²) in [6.45, 7) is 8.80. The van der Waals surface area contributed by atoms with Crippen LogP contribution in [0.3, 0.4) is 0 Å². The molecule has 0 aromatic heterocycles. The first-order valence-corrected chi connectivity index (χ1v) is 9.52. The Morgan fingerprint density at radius 3 is 2.36 bits per heavy atom. The molecule has 0 bridgehead atoms. The molecule has 8 nitrogen and oxygen atoms in total. The summed E-state index contributed by atoms with van der Waals surface area (Å²) in [5.74, 6) is 0. The lowest BCUT2D eigenvalue weighted by atomic mass is 9.93. The zero-order valence-electron chi connectivity index (χ0n) is 15.7. The zero-order chi connectivity index (χ0) is 19.4. The normalized spacial score (nSPS) is 12.6. The van der Waals surface area contributed by atoms with Crippen LogP contribution in [0.5, 0.6) is 0 Å². The highest BCUT2D eigenvalue weighted by Gasteiger charge is 2.24. The number of nitro benzene ring substituents is 1. The highest BCUT2D eigenvalue weighted by atomic mass is 32.2. The molecule has 0 amide bonds. The molecular weight excluding hydrogens is 344 g/mol. The minimum atomic E-state index is -3.78. The maximum atomic E-state index is 12.2. The van der Waals surface area contributed by atoms with E-state index in [0.29, 0.717) is 12.2 Å². The topological polar surface area (TPSA) is 105 Å². The van der Waals surface area contributed by atoms with Crippen molar-refractivity contribution in [3.8, 4) is 0 Å². The predicted octanol–water partition coefficient (Wildman–Crippen LogP) is 2.28. The number of benzene rings is 1. The van der Waals surface area contributed by atoms with Crippen LogP contribution < -0.4 is 10.0 Å².